The SMILES string of the molecule is CCC(C)C(NC(=O)C(Cc1ccccc1)NC(=O)C(C)NC(=O)C(N)CCSC)C(=O)O. The van der Waals surface area contributed by atoms with Crippen molar-refractivity contribution >= 4 is 35.5 Å². The number of hydrogen-bond acceptors (Lipinski definition) is 6. The standard InChI is InChI=1S/C23H36N4O5S/c1-5-14(2)19(23(31)32)27-22(30)18(13-16-9-7-6-8-10-16)26-20(28)15(3)25-21(29)17(24)11-12-33-4/h6-10,14-15,17-19H,5,11-13,24H2,1-4H3,(H,25,29)(H,26,28)(H,27,30)(H,31,32). The van der Waals surface area contributed by atoms with Gasteiger partial charge in [0.25, 0.3) is 0 Å². The highest BCUT2D eigenvalue weighted by Crippen LogP contribution is 2.10. The van der Waals surface area contributed by atoms with Gasteiger partial charge in [-0.25, -0.2) is 4.79 Å². The second-order valence-electron chi connectivity index (χ2n) is 8.08. The lowest BCUT2D eigenvalue weighted by Crippen LogP contribution is -2.57. The highest BCUT2D eigenvalue weighted by atomic mass is 32.2. The smallest absolute Gasteiger partial charge is 0.326 e. The van der Waals surface area contributed by atoms with Gasteiger partial charge in [-0.3, -0.25) is 14.4 Å². The molecular weight excluding hydrogens is 444 g/mol. The molecule has 0 saturated carbocycles. The lowest BCUT2D eigenvalue weighted by Gasteiger charge is -2.25. The van der Waals surface area contributed by atoms with Crippen LogP contribution in [0.3, 0.4) is 0 Å². The first-order valence-corrected chi connectivity index (χ1v) is 12.4. The van der Waals surface area contributed by atoms with Gasteiger partial charge in [-0.1, -0.05) is 50.6 Å². The van der Waals surface area contributed by atoms with Crippen LogP contribution < -0.4 is 21.7 Å². The fourth-order valence-corrected chi connectivity index (χ4v) is 3.54. The maximum atomic E-state index is 13.0. The van der Waals surface area contributed by atoms with Crippen LogP contribution in [0, 0.1) is 5.92 Å². The minimum absolute atomic E-state index is 0.166. The van der Waals surface area contributed by atoms with Gasteiger partial charge in [-0.15, -0.1) is 0 Å². The Morgan fingerprint density at radius 3 is 2.18 bits per heavy atom. The van der Waals surface area contributed by atoms with E-state index in [2.05, 4.69) is 16.0 Å². The molecule has 0 radical (unpaired) electrons. The Bertz CT molecular complexity index is 792. The van der Waals surface area contributed by atoms with Crippen LogP contribution in [-0.4, -0.2) is 65.0 Å². The van der Waals surface area contributed by atoms with Crippen molar-refractivity contribution < 1.29 is 24.3 Å². The number of nitrogens with two attached hydrogens (primary N) is 1. The van der Waals surface area contributed by atoms with Crippen LogP contribution in [0.15, 0.2) is 30.3 Å². The Labute approximate surface area is 199 Å². The molecule has 0 aliphatic heterocycles. The summed E-state index contributed by atoms with van der Waals surface area (Å²) in [5.41, 5.74) is 6.65. The summed E-state index contributed by atoms with van der Waals surface area (Å²) in [5.74, 6) is -2.32. The van der Waals surface area contributed by atoms with E-state index < -0.39 is 47.9 Å². The van der Waals surface area contributed by atoms with E-state index in [4.69, 9.17) is 5.73 Å². The Kier molecular flexibility index (Phi) is 12.5. The first kappa shape index (κ1) is 28.4. The molecule has 184 valence electrons. The molecule has 0 saturated heterocycles. The van der Waals surface area contributed by atoms with Gasteiger partial charge in [-0.2, -0.15) is 11.8 Å². The molecule has 0 heterocycles. The van der Waals surface area contributed by atoms with E-state index in [1.165, 1.54) is 6.92 Å². The Morgan fingerprint density at radius 1 is 1.00 bits per heavy atom. The van der Waals surface area contributed by atoms with Crippen LogP contribution in [-0.2, 0) is 25.6 Å². The summed E-state index contributed by atoms with van der Waals surface area (Å²) in [6.45, 7) is 5.08. The van der Waals surface area contributed by atoms with Crippen LogP contribution in [0.4, 0.5) is 0 Å². The average Bonchev–Trinajstić information content (AvgIpc) is 2.79. The molecule has 0 spiro atoms. The minimum atomic E-state index is -1.14. The fourth-order valence-electron chi connectivity index (χ4n) is 3.05. The summed E-state index contributed by atoms with van der Waals surface area (Å²) in [5, 5.41) is 17.3. The Morgan fingerprint density at radius 2 is 1.64 bits per heavy atom. The zero-order valence-corrected chi connectivity index (χ0v) is 20.5. The minimum Gasteiger partial charge on any atom is -0.480 e. The molecule has 5 atom stereocenters. The lowest BCUT2D eigenvalue weighted by molar-refractivity contribution is -0.143. The zero-order valence-electron chi connectivity index (χ0n) is 19.7. The third-order valence-electron chi connectivity index (χ3n) is 5.41. The molecular formula is C23H36N4O5S. The molecule has 6 N–H and O–H groups in total. The molecule has 0 aliphatic carbocycles. The molecule has 0 aliphatic rings. The first-order chi connectivity index (χ1) is 15.6. The highest BCUT2D eigenvalue weighted by molar-refractivity contribution is 7.98. The lowest BCUT2D eigenvalue weighted by atomic mass is 9.98. The van der Waals surface area contributed by atoms with Crippen molar-refractivity contribution in [3.63, 3.8) is 0 Å². The number of carboxylic acid groups (broad SMARTS) is 1. The quantitative estimate of drug-likeness (QED) is 0.266. The summed E-state index contributed by atoms with van der Waals surface area (Å²) >= 11 is 1.57. The van der Waals surface area contributed by atoms with Crippen LogP contribution in [0.1, 0.15) is 39.2 Å². The van der Waals surface area contributed by atoms with Gasteiger partial charge in [0.2, 0.25) is 17.7 Å². The average molecular weight is 481 g/mol. The topological polar surface area (TPSA) is 151 Å². The largest absolute Gasteiger partial charge is 0.480 e. The van der Waals surface area contributed by atoms with Crippen LogP contribution >= 0.6 is 11.8 Å². The third-order valence-corrected chi connectivity index (χ3v) is 6.06. The molecule has 1 rings (SSSR count). The fraction of sp³-hybridized carbons (Fsp3) is 0.565. The summed E-state index contributed by atoms with van der Waals surface area (Å²) in [4.78, 5) is 49.6. The number of rotatable bonds is 14. The van der Waals surface area contributed by atoms with Gasteiger partial charge in [0, 0.05) is 6.42 Å². The van der Waals surface area contributed by atoms with E-state index in [0.717, 1.165) is 11.3 Å². The number of benzene rings is 1. The molecule has 5 unspecified atom stereocenters. The van der Waals surface area contributed by atoms with Gasteiger partial charge < -0.3 is 26.8 Å². The predicted octanol–water partition coefficient (Wildman–Crippen LogP) is 0.915. The predicted molar refractivity (Wildman–Crippen MR) is 130 cm³/mol. The molecule has 1 aromatic carbocycles. The number of carboxylic acids is 1. The Balaban J connectivity index is 2.93. The maximum absolute atomic E-state index is 13.0. The van der Waals surface area contributed by atoms with Crippen molar-refractivity contribution in [3.8, 4) is 0 Å². The number of carbonyl (C=O) groups excluding carboxylic acids is 3. The number of carbonyl (C=O) groups is 4. The number of hydrogen-bond donors (Lipinski definition) is 5. The van der Waals surface area contributed by atoms with E-state index in [0.29, 0.717) is 12.8 Å². The Hall–Kier alpha value is -2.59. The molecule has 1 aromatic rings. The van der Waals surface area contributed by atoms with Crippen molar-refractivity contribution in [1.82, 2.24) is 16.0 Å². The monoisotopic (exact) mass is 480 g/mol. The number of amides is 3. The number of aliphatic carboxylic acids is 1. The molecule has 0 fully saturated rings. The van der Waals surface area contributed by atoms with Crippen LogP contribution in [0.5, 0.6) is 0 Å². The van der Waals surface area contributed by atoms with Crippen LogP contribution in [0.2, 0.25) is 0 Å². The van der Waals surface area contributed by atoms with Gasteiger partial charge in [0.05, 0.1) is 6.04 Å². The van der Waals surface area contributed by atoms with Crippen LogP contribution in [0.25, 0.3) is 0 Å². The summed E-state index contributed by atoms with van der Waals surface area (Å²) in [6, 6.07) is 5.32. The maximum Gasteiger partial charge on any atom is 0.326 e. The van der Waals surface area contributed by atoms with Crippen molar-refractivity contribution in [2.75, 3.05) is 12.0 Å². The van der Waals surface area contributed by atoms with Crippen molar-refractivity contribution in [2.24, 2.45) is 11.7 Å². The van der Waals surface area contributed by atoms with Gasteiger partial charge in [0.1, 0.15) is 18.1 Å². The normalized spacial score (nSPS) is 15.4. The third kappa shape index (κ3) is 9.83. The highest BCUT2D eigenvalue weighted by Gasteiger charge is 2.31. The molecule has 10 heteroatoms. The van der Waals surface area contributed by atoms with Crippen molar-refractivity contribution in [3.05, 3.63) is 35.9 Å². The van der Waals surface area contributed by atoms with Gasteiger partial charge in [0.15, 0.2) is 0 Å². The van der Waals surface area contributed by atoms with E-state index in [1.54, 1.807) is 18.7 Å². The first-order valence-electron chi connectivity index (χ1n) is 11.0. The van der Waals surface area contributed by atoms with Gasteiger partial charge in [-0.05, 0) is 36.8 Å². The molecule has 3 amide bonds. The van der Waals surface area contributed by atoms with Crippen molar-refractivity contribution in [1.29, 1.82) is 0 Å². The number of thioether (sulfide) groups is 1. The molecule has 0 bridgehead atoms. The van der Waals surface area contributed by atoms with E-state index >= 15 is 0 Å². The second-order valence-corrected chi connectivity index (χ2v) is 9.06. The zero-order chi connectivity index (χ0) is 25.0. The number of nitrogens with one attached hydrogen (secondary N) is 3. The summed E-state index contributed by atoms with van der Waals surface area (Å²) < 4.78 is 0. The second kappa shape index (κ2) is 14.5. The van der Waals surface area contributed by atoms with Gasteiger partial charge >= 0.3 is 5.97 Å². The van der Waals surface area contributed by atoms with E-state index in [1.807, 2.05) is 43.5 Å². The summed E-state index contributed by atoms with van der Waals surface area (Å²) in [7, 11) is 0. The molecule has 9 nitrogen and oxygen atoms in total. The van der Waals surface area contributed by atoms with E-state index in [-0.39, 0.29) is 12.3 Å². The molecule has 33 heavy (non-hydrogen) atoms. The summed E-state index contributed by atoms with van der Waals surface area (Å²) in [6.07, 6.45) is 3.12. The molecule has 0 aromatic heterocycles. The van der Waals surface area contributed by atoms with Crippen molar-refractivity contribution in [2.45, 2.75) is 64.2 Å². The van der Waals surface area contributed by atoms with E-state index in [9.17, 15) is 24.3 Å².